The van der Waals surface area contributed by atoms with E-state index < -0.39 is 23.5 Å². The number of pyridine rings is 1. The molecule has 0 aromatic carbocycles. The molecule has 2 heterocycles. The number of alkyl halides is 1. The molecule has 2 aromatic heterocycles. The van der Waals surface area contributed by atoms with Crippen LogP contribution in [0.4, 0.5) is 26.1 Å². The van der Waals surface area contributed by atoms with E-state index in [0.717, 1.165) is 19.0 Å². The Bertz CT molecular complexity index is 854. The summed E-state index contributed by atoms with van der Waals surface area (Å²) in [5.41, 5.74) is -0.843. The van der Waals surface area contributed by atoms with Crippen LogP contribution in [0.5, 0.6) is 0 Å². The van der Waals surface area contributed by atoms with E-state index in [9.17, 15) is 18.7 Å². The molecule has 10 heteroatoms. The van der Waals surface area contributed by atoms with E-state index in [0.29, 0.717) is 5.69 Å². The van der Waals surface area contributed by atoms with Crippen molar-refractivity contribution in [1.29, 1.82) is 0 Å². The second-order valence-corrected chi connectivity index (χ2v) is 7.21. The van der Waals surface area contributed by atoms with Crippen LogP contribution in [-0.4, -0.2) is 50.3 Å². The van der Waals surface area contributed by atoms with E-state index in [1.54, 1.807) is 6.07 Å². The predicted molar refractivity (Wildman–Crippen MR) is 99.7 cm³/mol. The molecule has 0 saturated heterocycles. The number of hydrogen-bond acceptors (Lipinski definition) is 7. The van der Waals surface area contributed by atoms with Gasteiger partial charge in [0.2, 0.25) is 0 Å². The van der Waals surface area contributed by atoms with Crippen molar-refractivity contribution < 1.29 is 18.7 Å². The lowest BCUT2D eigenvalue weighted by Gasteiger charge is -2.22. The summed E-state index contributed by atoms with van der Waals surface area (Å²) in [6.45, 7) is 2.33. The van der Waals surface area contributed by atoms with Gasteiger partial charge in [0, 0.05) is 18.3 Å². The van der Waals surface area contributed by atoms with Gasteiger partial charge in [-0.3, -0.25) is 4.79 Å². The summed E-state index contributed by atoms with van der Waals surface area (Å²) in [4.78, 5) is 24.0. The molecule has 8 nitrogen and oxygen atoms in total. The molecule has 1 aliphatic rings. The summed E-state index contributed by atoms with van der Waals surface area (Å²) in [6.07, 6.45) is 3.86. The van der Waals surface area contributed by atoms with Crippen LogP contribution in [0.1, 0.15) is 37.0 Å². The average molecular weight is 392 g/mol. The van der Waals surface area contributed by atoms with Crippen LogP contribution in [0.15, 0.2) is 24.8 Å². The number of halogens is 2. The number of hydrogen-bond donors (Lipinski definition) is 4. The highest BCUT2D eigenvalue weighted by molar-refractivity contribution is 6.00. The summed E-state index contributed by atoms with van der Waals surface area (Å²) in [6, 6.07) is 1.81. The minimum Gasteiger partial charge on any atom is -0.387 e. The van der Waals surface area contributed by atoms with Crippen molar-refractivity contribution in [2.75, 3.05) is 17.2 Å². The smallest absolute Gasteiger partial charge is 0.255 e. The summed E-state index contributed by atoms with van der Waals surface area (Å²) in [5.74, 6) is -0.912. The van der Waals surface area contributed by atoms with Gasteiger partial charge in [0.15, 0.2) is 11.6 Å². The number of aromatic nitrogens is 3. The highest BCUT2D eigenvalue weighted by Gasteiger charge is 2.28. The summed E-state index contributed by atoms with van der Waals surface area (Å²) in [7, 11) is 0. The highest BCUT2D eigenvalue weighted by atomic mass is 19.1. The fraction of sp³-hybridized carbons (Fsp3) is 0.444. The van der Waals surface area contributed by atoms with Gasteiger partial charge < -0.3 is 21.1 Å². The second kappa shape index (κ2) is 8.01. The Morgan fingerprint density at radius 1 is 1.36 bits per heavy atom. The zero-order chi connectivity index (χ0) is 20.3. The predicted octanol–water partition coefficient (Wildman–Crippen LogP) is 2.17. The molecule has 0 radical (unpaired) electrons. The second-order valence-electron chi connectivity index (χ2n) is 7.21. The molecular formula is C18H22F2N6O2. The Kier molecular flexibility index (Phi) is 5.68. The van der Waals surface area contributed by atoms with Gasteiger partial charge in [-0.25, -0.2) is 23.7 Å². The standard InChI is InChI=1S/C18H22F2N6O2/c1-18(2,28)14(20)8-23-17(27)11-6-22-15(5-13(11)25-10-3-4-10)26-16-12(19)7-21-9-24-16/h5-7,9-10,14,28H,3-4,8H2,1-2H3,(H,23,27)(H2,21,22,24,25,26)/t14-/m1/s1. The van der Waals surface area contributed by atoms with Crippen LogP contribution in [0.2, 0.25) is 0 Å². The highest BCUT2D eigenvalue weighted by Crippen LogP contribution is 2.29. The molecule has 1 fully saturated rings. The number of nitrogens with one attached hydrogen (secondary N) is 3. The van der Waals surface area contributed by atoms with E-state index in [2.05, 4.69) is 30.9 Å². The summed E-state index contributed by atoms with van der Waals surface area (Å²) < 4.78 is 27.6. The molecule has 2 aromatic rings. The topological polar surface area (TPSA) is 112 Å². The molecule has 1 aliphatic carbocycles. The first-order chi connectivity index (χ1) is 13.2. The number of rotatable bonds is 8. The molecule has 1 amide bonds. The molecule has 28 heavy (non-hydrogen) atoms. The number of carbonyl (C=O) groups excluding carboxylic acids is 1. The van der Waals surface area contributed by atoms with Crippen molar-refractivity contribution >= 4 is 23.2 Å². The summed E-state index contributed by atoms with van der Waals surface area (Å²) in [5, 5.41) is 18.1. The zero-order valence-electron chi connectivity index (χ0n) is 15.5. The number of anilines is 3. The zero-order valence-corrected chi connectivity index (χ0v) is 15.5. The molecule has 0 spiro atoms. The van der Waals surface area contributed by atoms with Gasteiger partial charge in [0.1, 0.15) is 18.3 Å². The van der Waals surface area contributed by atoms with Crippen LogP contribution >= 0.6 is 0 Å². The fourth-order valence-electron chi connectivity index (χ4n) is 2.32. The number of carbonyl (C=O) groups is 1. The number of aliphatic hydroxyl groups is 1. The van der Waals surface area contributed by atoms with E-state index >= 15 is 0 Å². The normalized spacial score (nSPS) is 15.0. The van der Waals surface area contributed by atoms with Crippen molar-refractivity contribution in [3.8, 4) is 0 Å². The van der Waals surface area contributed by atoms with Gasteiger partial charge in [0.05, 0.1) is 29.6 Å². The van der Waals surface area contributed by atoms with Crippen LogP contribution in [-0.2, 0) is 0 Å². The first-order valence-electron chi connectivity index (χ1n) is 8.88. The van der Waals surface area contributed by atoms with E-state index in [1.807, 2.05) is 0 Å². The lowest BCUT2D eigenvalue weighted by atomic mass is 10.0. The Morgan fingerprint density at radius 3 is 2.75 bits per heavy atom. The Morgan fingerprint density at radius 2 is 2.11 bits per heavy atom. The molecule has 150 valence electrons. The molecule has 0 unspecified atom stereocenters. The van der Waals surface area contributed by atoms with Gasteiger partial charge in [-0.15, -0.1) is 0 Å². The van der Waals surface area contributed by atoms with Crippen LogP contribution < -0.4 is 16.0 Å². The molecule has 0 aliphatic heterocycles. The van der Waals surface area contributed by atoms with Gasteiger partial charge in [-0.1, -0.05) is 0 Å². The third-order valence-electron chi connectivity index (χ3n) is 4.21. The molecule has 1 atom stereocenters. The average Bonchev–Trinajstić information content (AvgIpc) is 3.45. The quantitative estimate of drug-likeness (QED) is 0.545. The van der Waals surface area contributed by atoms with Crippen molar-refractivity contribution in [2.45, 2.75) is 44.5 Å². The van der Waals surface area contributed by atoms with E-state index in [1.165, 1.54) is 26.4 Å². The van der Waals surface area contributed by atoms with Crippen molar-refractivity contribution in [2.24, 2.45) is 0 Å². The third-order valence-corrected chi connectivity index (χ3v) is 4.21. The minimum atomic E-state index is -1.62. The summed E-state index contributed by atoms with van der Waals surface area (Å²) >= 11 is 0. The maximum absolute atomic E-state index is 13.9. The molecular weight excluding hydrogens is 370 g/mol. The SMILES string of the molecule is CC(C)(O)[C@H](F)CNC(=O)c1cnc(Nc2ncncc2F)cc1NC1CC1. The number of nitrogens with zero attached hydrogens (tertiary/aromatic N) is 3. The fourth-order valence-corrected chi connectivity index (χ4v) is 2.32. The van der Waals surface area contributed by atoms with Gasteiger partial charge in [-0.05, 0) is 26.7 Å². The van der Waals surface area contributed by atoms with Gasteiger partial charge in [0.25, 0.3) is 5.91 Å². The maximum Gasteiger partial charge on any atom is 0.255 e. The first-order valence-corrected chi connectivity index (χ1v) is 8.88. The van der Waals surface area contributed by atoms with Crippen molar-refractivity contribution in [3.63, 3.8) is 0 Å². The molecule has 0 bridgehead atoms. The van der Waals surface area contributed by atoms with Crippen LogP contribution in [0.3, 0.4) is 0 Å². The van der Waals surface area contributed by atoms with Crippen molar-refractivity contribution in [3.05, 3.63) is 36.2 Å². The maximum atomic E-state index is 13.9. The molecule has 4 N–H and O–H groups in total. The molecule has 3 rings (SSSR count). The monoisotopic (exact) mass is 392 g/mol. The van der Waals surface area contributed by atoms with E-state index in [4.69, 9.17) is 0 Å². The minimum absolute atomic E-state index is 0.0393. The van der Waals surface area contributed by atoms with Crippen molar-refractivity contribution in [1.82, 2.24) is 20.3 Å². The number of amides is 1. The lowest BCUT2D eigenvalue weighted by Crippen LogP contribution is -2.42. The van der Waals surface area contributed by atoms with Gasteiger partial charge in [-0.2, -0.15) is 0 Å². The Labute approximate surface area is 160 Å². The Balaban J connectivity index is 1.77. The molecule has 1 saturated carbocycles. The van der Waals surface area contributed by atoms with E-state index in [-0.39, 0.29) is 29.8 Å². The Hall–Kier alpha value is -2.88. The van der Waals surface area contributed by atoms with Crippen LogP contribution in [0, 0.1) is 5.82 Å². The first kappa shape index (κ1) is 19.9. The van der Waals surface area contributed by atoms with Gasteiger partial charge >= 0.3 is 0 Å². The third kappa shape index (κ3) is 5.10. The van der Waals surface area contributed by atoms with Crippen LogP contribution in [0.25, 0.3) is 0 Å². The largest absolute Gasteiger partial charge is 0.387 e. The lowest BCUT2D eigenvalue weighted by molar-refractivity contribution is -0.00177.